The first kappa shape index (κ1) is 37.9. The van der Waals surface area contributed by atoms with E-state index in [2.05, 4.69) is 4.98 Å². The number of carbonyl (C=O) groups excluding carboxylic acids is 3. The van der Waals surface area contributed by atoms with Gasteiger partial charge in [-0.3, -0.25) is 14.4 Å². The molecule has 2 aliphatic carbocycles. The van der Waals surface area contributed by atoms with Gasteiger partial charge in [-0.25, -0.2) is 9.97 Å². The highest BCUT2D eigenvalue weighted by Gasteiger charge is 2.42. The predicted molar refractivity (Wildman–Crippen MR) is 207 cm³/mol. The van der Waals surface area contributed by atoms with Crippen LogP contribution in [-0.2, 0) is 27.4 Å². The number of Topliss-reactive ketones (excluding diaryl/α,β-unsaturated/α-hetero) is 2. The number of hydrogen-bond donors (Lipinski definition) is 1. The van der Waals surface area contributed by atoms with Gasteiger partial charge in [0.15, 0.2) is 11.4 Å². The molecule has 0 unspecified atom stereocenters. The third-order valence-electron chi connectivity index (χ3n) is 11.8. The van der Waals surface area contributed by atoms with Gasteiger partial charge in [0.2, 0.25) is 11.7 Å². The highest BCUT2D eigenvalue weighted by molar-refractivity contribution is 7.11. The number of halogens is 1. The minimum absolute atomic E-state index is 0.00822. The molecule has 0 radical (unpaired) electrons. The Kier molecular flexibility index (Phi) is 12.4. The Morgan fingerprint density at radius 2 is 1.72 bits per heavy atom. The summed E-state index contributed by atoms with van der Waals surface area (Å²) in [5.74, 6) is 0.175. The molecule has 0 bridgehead atoms. The molecule has 11 heteroatoms. The maximum absolute atomic E-state index is 14.5. The molecule has 3 aliphatic rings. The zero-order valence-corrected chi connectivity index (χ0v) is 32.2. The Bertz CT molecular complexity index is 1840. The fourth-order valence-electron chi connectivity index (χ4n) is 8.60. The number of aromatic nitrogens is 2. The van der Waals surface area contributed by atoms with Crippen LogP contribution >= 0.6 is 22.9 Å². The molecule has 2 N–H and O–H groups in total. The van der Waals surface area contributed by atoms with Crippen molar-refractivity contribution in [2.75, 3.05) is 13.1 Å². The number of nitrogens with zero attached hydrogens (tertiary/aromatic N) is 3. The van der Waals surface area contributed by atoms with Crippen LogP contribution in [0.1, 0.15) is 115 Å². The summed E-state index contributed by atoms with van der Waals surface area (Å²) < 4.78 is 12.3. The molecule has 2 saturated carbocycles. The van der Waals surface area contributed by atoms with Crippen molar-refractivity contribution in [1.82, 2.24) is 14.9 Å². The molecular formula is C42H51ClN4O5S. The van der Waals surface area contributed by atoms with Crippen molar-refractivity contribution in [1.29, 1.82) is 0 Å². The Morgan fingerprint density at radius 1 is 0.981 bits per heavy atom. The highest BCUT2D eigenvalue weighted by atomic mass is 35.5. The van der Waals surface area contributed by atoms with Crippen LogP contribution in [0.5, 0.6) is 0 Å². The number of hydrogen-bond acceptors (Lipinski definition) is 9. The van der Waals surface area contributed by atoms with Crippen LogP contribution in [0.3, 0.4) is 0 Å². The summed E-state index contributed by atoms with van der Waals surface area (Å²) in [6, 6.07) is 14.1. The highest BCUT2D eigenvalue weighted by Crippen LogP contribution is 2.38. The van der Waals surface area contributed by atoms with Crippen LogP contribution < -0.4 is 5.73 Å². The second kappa shape index (κ2) is 17.4. The molecule has 9 nitrogen and oxygen atoms in total. The molecule has 3 atom stereocenters. The second-order valence-electron chi connectivity index (χ2n) is 15.5. The van der Waals surface area contributed by atoms with Crippen LogP contribution in [0.4, 0.5) is 0 Å². The van der Waals surface area contributed by atoms with Crippen molar-refractivity contribution in [2.24, 2.45) is 23.5 Å². The van der Waals surface area contributed by atoms with E-state index in [0.29, 0.717) is 66.4 Å². The van der Waals surface area contributed by atoms with Crippen molar-refractivity contribution in [3.05, 3.63) is 80.6 Å². The Morgan fingerprint density at radius 3 is 2.45 bits per heavy atom. The smallest absolute Gasteiger partial charge is 0.264 e. The van der Waals surface area contributed by atoms with Gasteiger partial charge in [-0.15, -0.1) is 11.3 Å². The molecule has 53 heavy (non-hydrogen) atoms. The maximum Gasteiger partial charge on any atom is 0.264 e. The van der Waals surface area contributed by atoms with Crippen molar-refractivity contribution in [3.63, 3.8) is 0 Å². The average molecular weight is 759 g/mol. The van der Waals surface area contributed by atoms with Crippen LogP contribution in [0.2, 0.25) is 5.02 Å². The van der Waals surface area contributed by atoms with Gasteiger partial charge in [0, 0.05) is 41.1 Å². The molecule has 3 heterocycles. The minimum atomic E-state index is -0.707. The molecule has 1 amide bonds. The van der Waals surface area contributed by atoms with E-state index in [1.54, 1.807) is 22.3 Å². The van der Waals surface area contributed by atoms with Crippen LogP contribution in [0, 0.1) is 24.7 Å². The van der Waals surface area contributed by atoms with E-state index in [1.165, 1.54) is 19.3 Å². The molecule has 282 valence electrons. The van der Waals surface area contributed by atoms with Gasteiger partial charge < -0.3 is 19.8 Å². The minimum Gasteiger partial charge on any atom is -0.434 e. The lowest BCUT2D eigenvalue weighted by Gasteiger charge is -2.30. The number of amides is 1. The van der Waals surface area contributed by atoms with Crippen molar-refractivity contribution in [2.45, 2.75) is 115 Å². The van der Waals surface area contributed by atoms with Crippen LogP contribution in [-0.4, -0.2) is 57.6 Å². The summed E-state index contributed by atoms with van der Waals surface area (Å²) in [6.45, 7) is 3.35. The van der Waals surface area contributed by atoms with Gasteiger partial charge in [-0.1, -0.05) is 68.0 Å². The van der Waals surface area contributed by atoms with E-state index >= 15 is 0 Å². The number of rotatable bonds is 14. The monoisotopic (exact) mass is 758 g/mol. The molecule has 1 aliphatic heterocycles. The molecule has 0 spiro atoms. The van der Waals surface area contributed by atoms with E-state index in [4.69, 9.17) is 31.5 Å². The number of fused-ring (bicyclic) bond motifs is 1. The maximum atomic E-state index is 14.5. The van der Waals surface area contributed by atoms with E-state index in [1.807, 2.05) is 49.4 Å². The van der Waals surface area contributed by atoms with Gasteiger partial charge in [0.05, 0.1) is 35.9 Å². The van der Waals surface area contributed by atoms with Crippen molar-refractivity contribution < 1.29 is 23.5 Å². The summed E-state index contributed by atoms with van der Waals surface area (Å²) in [7, 11) is 0. The number of likely N-dealkylation sites (tertiary alicyclic amines) is 1. The lowest BCUT2D eigenvalue weighted by molar-refractivity contribution is -0.137. The van der Waals surface area contributed by atoms with E-state index in [-0.39, 0.29) is 42.3 Å². The predicted octanol–water partition coefficient (Wildman–Crippen LogP) is 8.64. The molecule has 4 aromatic rings. The molecular weight excluding hydrogens is 708 g/mol. The fraction of sp³-hybridized carbons (Fsp3) is 0.548. The summed E-state index contributed by atoms with van der Waals surface area (Å²) in [6.07, 6.45) is 10.7. The Labute approximate surface area is 321 Å². The molecule has 3 fully saturated rings. The lowest BCUT2D eigenvalue weighted by atomic mass is 9.76. The normalized spacial score (nSPS) is 23.0. The van der Waals surface area contributed by atoms with Gasteiger partial charge in [-0.2, -0.15) is 0 Å². The lowest BCUT2D eigenvalue weighted by Crippen LogP contribution is -2.42. The van der Waals surface area contributed by atoms with Gasteiger partial charge in [0.1, 0.15) is 5.52 Å². The third kappa shape index (κ3) is 9.27. The number of benzene rings is 2. The van der Waals surface area contributed by atoms with E-state index in [9.17, 15) is 14.4 Å². The van der Waals surface area contributed by atoms with Gasteiger partial charge >= 0.3 is 0 Å². The zero-order chi connectivity index (χ0) is 36.9. The SMILES string of the molecule is Cc1sc(C2CCCCC2)nc1CC(=O)N1C[C@H](OCc2ccc(Cl)cc2)C[C@H]1C(=O)C[C@@H](CC1CCC(CN)CC1)C(=O)c1nc2ccccc2o1. The summed E-state index contributed by atoms with van der Waals surface area (Å²) in [5, 5.41) is 1.78. The number of ether oxygens (including phenoxy) is 1. The Balaban J connectivity index is 1.10. The first-order chi connectivity index (χ1) is 25.7. The number of carbonyl (C=O) groups is 3. The van der Waals surface area contributed by atoms with Gasteiger partial charge in [-0.05, 0) is 87.2 Å². The fourth-order valence-corrected chi connectivity index (χ4v) is 9.83. The van der Waals surface area contributed by atoms with Gasteiger partial charge in [0.25, 0.3) is 5.89 Å². The molecule has 2 aromatic carbocycles. The van der Waals surface area contributed by atoms with Crippen LogP contribution in [0.15, 0.2) is 52.9 Å². The third-order valence-corrected chi connectivity index (χ3v) is 13.2. The first-order valence-electron chi connectivity index (χ1n) is 19.5. The summed E-state index contributed by atoms with van der Waals surface area (Å²) >= 11 is 7.81. The van der Waals surface area contributed by atoms with Crippen LogP contribution in [0.25, 0.3) is 11.1 Å². The number of para-hydroxylation sites is 2. The zero-order valence-electron chi connectivity index (χ0n) is 30.6. The number of aryl methyl sites for hydroxylation is 1. The number of nitrogens with two attached hydrogens (primary N) is 1. The number of oxazole rings is 1. The molecule has 7 rings (SSSR count). The molecule has 2 aromatic heterocycles. The number of ketones is 2. The Hall–Kier alpha value is -3.44. The van der Waals surface area contributed by atoms with Crippen molar-refractivity contribution in [3.8, 4) is 0 Å². The standard InChI is InChI=1S/C42H51ClN4O5S/c1-26-35(46-42(53-26)30-7-3-2-4-8-30)22-39(49)47-24-33(51-25-29-15-17-32(43)18-16-29)21-36(47)37(48)20-31(19-27-11-13-28(23-44)14-12-27)40(50)41-45-34-9-5-6-10-38(34)52-41/h5-6,9-10,15-18,27-28,30-31,33,36H,2-4,7-8,11-14,19-25,44H2,1H3/t27?,28?,31-,33-,36+/m1/s1. The first-order valence-corrected chi connectivity index (χ1v) is 20.7. The molecule has 1 saturated heterocycles. The van der Waals surface area contributed by atoms with E-state index in [0.717, 1.165) is 59.7 Å². The second-order valence-corrected chi connectivity index (χ2v) is 17.2. The summed E-state index contributed by atoms with van der Waals surface area (Å²) in [4.78, 5) is 55.2. The summed E-state index contributed by atoms with van der Waals surface area (Å²) in [5.41, 5.74) is 8.90. The number of thiazole rings is 1. The average Bonchev–Trinajstić information content (AvgIpc) is 3.92. The van der Waals surface area contributed by atoms with E-state index < -0.39 is 12.0 Å². The topological polar surface area (TPSA) is 129 Å². The van der Waals surface area contributed by atoms with Crippen molar-refractivity contribution >= 4 is 51.5 Å². The largest absolute Gasteiger partial charge is 0.434 e. The quantitative estimate of drug-likeness (QED) is 0.127.